The molecule has 0 aliphatic carbocycles. The molecule has 0 rings (SSSR count). The van der Waals surface area contributed by atoms with E-state index in [-0.39, 0.29) is 0 Å². The van der Waals surface area contributed by atoms with E-state index in [0.29, 0.717) is 5.92 Å². The average molecular weight is 443 g/mol. The van der Waals surface area contributed by atoms with Gasteiger partial charge in [0, 0.05) is 13.2 Å². The lowest BCUT2D eigenvalue weighted by atomic mass is 10.0. The number of unbranched alkanes of at least 4 members (excludes halogenated alkanes) is 15. The van der Waals surface area contributed by atoms with Crippen LogP contribution < -0.4 is 0 Å². The molecule has 0 saturated heterocycles. The lowest BCUT2D eigenvalue weighted by Crippen LogP contribution is -2.37. The Hall–Kier alpha value is 0.137. The van der Waals surface area contributed by atoms with Crippen LogP contribution in [0.4, 0.5) is 0 Å². The second-order valence-corrected chi connectivity index (χ2v) is 13.3. The molecule has 182 valence electrons. The molecule has 0 fully saturated rings. The first-order valence-corrected chi connectivity index (χ1v) is 16.6. The molecule has 0 radical (unpaired) electrons. The second-order valence-electron chi connectivity index (χ2n) is 9.93. The van der Waals surface area contributed by atoms with Crippen LogP contribution in [0.5, 0.6) is 0 Å². The summed E-state index contributed by atoms with van der Waals surface area (Å²) in [4.78, 5) is 0. The fraction of sp³-hybridized carbons (Fsp3) is 1.00. The lowest BCUT2D eigenvalue weighted by molar-refractivity contribution is 0.146. The normalized spacial score (nSPS) is 13.1. The summed E-state index contributed by atoms with van der Waals surface area (Å²) >= 11 is 0. The molecule has 0 N–H and O–H groups in total. The van der Waals surface area contributed by atoms with E-state index in [1.54, 1.807) is 0 Å². The van der Waals surface area contributed by atoms with Crippen LogP contribution in [0.25, 0.3) is 0 Å². The van der Waals surface area contributed by atoms with Gasteiger partial charge in [0.1, 0.15) is 0 Å². The molecule has 3 heteroatoms. The van der Waals surface area contributed by atoms with Gasteiger partial charge in [0.2, 0.25) is 0 Å². The van der Waals surface area contributed by atoms with Gasteiger partial charge < -0.3 is 8.85 Å². The maximum Gasteiger partial charge on any atom is 0.331 e. The average Bonchev–Trinajstić information content (AvgIpc) is 2.73. The van der Waals surface area contributed by atoms with Crippen molar-refractivity contribution in [3.63, 3.8) is 0 Å². The molecule has 0 amide bonds. The van der Waals surface area contributed by atoms with Crippen LogP contribution in [0.3, 0.4) is 0 Å². The van der Waals surface area contributed by atoms with E-state index in [0.717, 1.165) is 13.2 Å². The minimum Gasteiger partial charge on any atom is -0.395 e. The van der Waals surface area contributed by atoms with Crippen molar-refractivity contribution in [2.45, 2.75) is 156 Å². The standard InChI is InChI=1S/C27H58O2Si/c1-6-9-11-12-13-14-15-16-17-18-19-20-21-22-23-25-28-30(4,5)29-26-27(8-3)24-10-7-2/h27H,6-26H2,1-5H3. The monoisotopic (exact) mass is 442 g/mol. The van der Waals surface area contributed by atoms with Crippen molar-refractivity contribution in [3.05, 3.63) is 0 Å². The quantitative estimate of drug-likeness (QED) is 0.109. The van der Waals surface area contributed by atoms with E-state index in [9.17, 15) is 0 Å². The molecular formula is C27H58O2Si. The van der Waals surface area contributed by atoms with Crippen LogP contribution >= 0.6 is 0 Å². The number of hydrogen-bond acceptors (Lipinski definition) is 2. The molecule has 0 spiro atoms. The summed E-state index contributed by atoms with van der Waals surface area (Å²) in [5.41, 5.74) is 0. The van der Waals surface area contributed by atoms with Crippen molar-refractivity contribution in [2.24, 2.45) is 5.92 Å². The first-order valence-electron chi connectivity index (χ1n) is 13.8. The molecule has 0 aliphatic heterocycles. The highest BCUT2D eigenvalue weighted by molar-refractivity contribution is 6.64. The summed E-state index contributed by atoms with van der Waals surface area (Å²) in [5.74, 6) is 0.714. The molecule has 0 aromatic carbocycles. The first kappa shape index (κ1) is 30.1. The van der Waals surface area contributed by atoms with Gasteiger partial charge in [0.05, 0.1) is 0 Å². The summed E-state index contributed by atoms with van der Waals surface area (Å²) in [6.45, 7) is 13.1. The fourth-order valence-corrected chi connectivity index (χ4v) is 5.41. The van der Waals surface area contributed by atoms with E-state index in [1.807, 2.05) is 0 Å². The third-order valence-electron chi connectivity index (χ3n) is 6.41. The molecular weight excluding hydrogens is 384 g/mol. The molecule has 1 atom stereocenters. The Bertz CT molecular complexity index is 333. The van der Waals surface area contributed by atoms with Crippen LogP contribution in [0, 0.1) is 5.92 Å². The minimum atomic E-state index is -1.93. The van der Waals surface area contributed by atoms with Gasteiger partial charge in [0.15, 0.2) is 0 Å². The minimum absolute atomic E-state index is 0.714. The van der Waals surface area contributed by atoms with E-state index >= 15 is 0 Å². The van der Waals surface area contributed by atoms with Crippen LogP contribution in [-0.4, -0.2) is 21.8 Å². The van der Waals surface area contributed by atoms with Gasteiger partial charge in [-0.1, -0.05) is 130 Å². The zero-order valence-corrected chi connectivity index (χ0v) is 22.7. The van der Waals surface area contributed by atoms with Crippen LogP contribution in [0.1, 0.15) is 143 Å². The fourth-order valence-electron chi connectivity index (χ4n) is 4.05. The Labute approximate surface area is 192 Å². The van der Waals surface area contributed by atoms with Crippen molar-refractivity contribution in [3.8, 4) is 0 Å². The van der Waals surface area contributed by atoms with Crippen molar-refractivity contribution >= 4 is 8.56 Å². The van der Waals surface area contributed by atoms with Gasteiger partial charge >= 0.3 is 8.56 Å². The van der Waals surface area contributed by atoms with Crippen molar-refractivity contribution in [1.29, 1.82) is 0 Å². The molecule has 0 saturated carbocycles. The summed E-state index contributed by atoms with van der Waals surface area (Å²) in [7, 11) is -1.93. The Morgan fingerprint density at radius 2 is 0.967 bits per heavy atom. The smallest absolute Gasteiger partial charge is 0.331 e. The maximum atomic E-state index is 6.22. The number of hydrogen-bond donors (Lipinski definition) is 0. The summed E-state index contributed by atoms with van der Waals surface area (Å²) in [5, 5.41) is 0. The van der Waals surface area contributed by atoms with E-state index in [2.05, 4.69) is 33.9 Å². The molecule has 0 aliphatic rings. The van der Waals surface area contributed by atoms with Crippen LogP contribution in [-0.2, 0) is 8.85 Å². The molecule has 0 aromatic rings. The highest BCUT2D eigenvalue weighted by atomic mass is 28.4. The predicted molar refractivity (Wildman–Crippen MR) is 138 cm³/mol. The Morgan fingerprint density at radius 1 is 0.533 bits per heavy atom. The molecule has 0 heterocycles. The van der Waals surface area contributed by atoms with Gasteiger partial charge in [0.25, 0.3) is 0 Å². The topological polar surface area (TPSA) is 18.5 Å². The van der Waals surface area contributed by atoms with E-state index < -0.39 is 8.56 Å². The van der Waals surface area contributed by atoms with Crippen molar-refractivity contribution < 1.29 is 8.85 Å². The van der Waals surface area contributed by atoms with Gasteiger partial charge in [-0.3, -0.25) is 0 Å². The van der Waals surface area contributed by atoms with Crippen molar-refractivity contribution in [1.82, 2.24) is 0 Å². The molecule has 30 heavy (non-hydrogen) atoms. The van der Waals surface area contributed by atoms with Gasteiger partial charge in [-0.15, -0.1) is 0 Å². The molecule has 0 bridgehead atoms. The van der Waals surface area contributed by atoms with Crippen LogP contribution in [0.15, 0.2) is 0 Å². The summed E-state index contributed by atoms with van der Waals surface area (Å²) < 4.78 is 12.4. The highest BCUT2D eigenvalue weighted by Gasteiger charge is 2.25. The zero-order valence-electron chi connectivity index (χ0n) is 21.7. The van der Waals surface area contributed by atoms with Gasteiger partial charge in [-0.25, -0.2) is 0 Å². The van der Waals surface area contributed by atoms with E-state index in [1.165, 1.54) is 122 Å². The zero-order chi connectivity index (χ0) is 22.3. The second kappa shape index (κ2) is 22.3. The predicted octanol–water partition coefficient (Wildman–Crippen LogP) is 9.81. The molecule has 0 aromatic heterocycles. The van der Waals surface area contributed by atoms with Crippen LogP contribution in [0.2, 0.25) is 13.1 Å². The third-order valence-corrected chi connectivity index (χ3v) is 8.17. The van der Waals surface area contributed by atoms with Crippen molar-refractivity contribution in [2.75, 3.05) is 13.2 Å². The summed E-state index contributed by atoms with van der Waals surface area (Å²) in [6.07, 6.45) is 26.3. The Balaban J connectivity index is 3.39. The molecule has 2 nitrogen and oxygen atoms in total. The first-order chi connectivity index (χ1) is 14.6. The lowest BCUT2D eigenvalue weighted by Gasteiger charge is -2.26. The maximum absolute atomic E-state index is 6.22. The number of rotatable bonds is 24. The third kappa shape index (κ3) is 21.4. The van der Waals surface area contributed by atoms with Gasteiger partial charge in [-0.2, -0.15) is 0 Å². The Kier molecular flexibility index (Phi) is 22.4. The Morgan fingerprint density at radius 3 is 1.40 bits per heavy atom. The van der Waals surface area contributed by atoms with Gasteiger partial charge in [-0.05, 0) is 31.9 Å². The van der Waals surface area contributed by atoms with E-state index in [4.69, 9.17) is 8.85 Å². The highest BCUT2D eigenvalue weighted by Crippen LogP contribution is 2.17. The summed E-state index contributed by atoms with van der Waals surface area (Å²) in [6, 6.07) is 0. The molecule has 1 unspecified atom stereocenters. The SMILES string of the molecule is CCCCCCCCCCCCCCCCCO[Si](C)(C)OCC(CC)CCCC. The largest absolute Gasteiger partial charge is 0.395 e.